The molecule has 74 valence electrons. The van der Waals surface area contributed by atoms with Gasteiger partial charge in [-0.2, -0.15) is 8.42 Å². The van der Waals surface area contributed by atoms with E-state index in [1.54, 1.807) is 31.3 Å². The minimum absolute atomic E-state index is 0.248. The average molecular weight is 211 g/mol. The monoisotopic (exact) mass is 211 g/mol. The smallest absolute Gasteiger partial charge is 0.285 e. The molecule has 0 atom stereocenters. The lowest BCUT2D eigenvalue weighted by molar-refractivity contribution is 0.599. The predicted molar refractivity (Wildman–Crippen MR) is 52.4 cm³/mol. The molecule has 0 amide bonds. The van der Waals surface area contributed by atoms with Gasteiger partial charge in [-0.05, 0) is 12.1 Å². The highest BCUT2D eigenvalue weighted by Gasteiger charge is 2.27. The van der Waals surface area contributed by atoms with E-state index in [9.17, 15) is 8.42 Å². The molecule has 2 N–H and O–H groups in total. The quantitative estimate of drug-likeness (QED) is 0.634. The molecular weight excluding hydrogens is 202 g/mol. The van der Waals surface area contributed by atoms with Gasteiger partial charge >= 0.3 is 0 Å². The van der Waals surface area contributed by atoms with Gasteiger partial charge in [-0.1, -0.05) is 12.1 Å². The Morgan fingerprint density at radius 2 is 2.00 bits per heavy atom. The van der Waals surface area contributed by atoms with Gasteiger partial charge in [-0.25, -0.2) is 5.43 Å². The molecule has 0 unspecified atom stereocenters. The number of nitrogens with one attached hydrogen (secondary N) is 2. The summed E-state index contributed by atoms with van der Waals surface area (Å²) in [5.74, 6) is 0.336. The van der Waals surface area contributed by atoms with Crippen LogP contribution in [-0.4, -0.2) is 21.3 Å². The molecule has 0 spiro atoms. The number of amidine groups is 1. The predicted octanol–water partition coefficient (Wildman–Crippen LogP) is -0.141. The highest BCUT2D eigenvalue weighted by atomic mass is 32.2. The van der Waals surface area contributed by atoms with Crippen molar-refractivity contribution < 1.29 is 8.42 Å². The lowest BCUT2D eigenvalue weighted by Gasteiger charge is -2.02. The summed E-state index contributed by atoms with van der Waals surface area (Å²) in [7, 11) is -1.84. The van der Waals surface area contributed by atoms with Crippen molar-refractivity contribution in [3.8, 4) is 0 Å². The van der Waals surface area contributed by atoms with Gasteiger partial charge in [-0.3, -0.25) is 0 Å². The molecule has 0 fully saturated rings. The Labute approximate surface area is 81.9 Å². The van der Waals surface area contributed by atoms with Crippen molar-refractivity contribution in [1.29, 1.82) is 0 Å². The minimum atomic E-state index is -3.49. The van der Waals surface area contributed by atoms with Crippen molar-refractivity contribution >= 4 is 15.9 Å². The molecule has 0 bridgehead atoms. The number of hydrogen-bond donors (Lipinski definition) is 2. The van der Waals surface area contributed by atoms with E-state index in [2.05, 4.69) is 15.2 Å². The summed E-state index contributed by atoms with van der Waals surface area (Å²) in [6.45, 7) is 0. The molecule has 1 heterocycles. The Morgan fingerprint density at radius 1 is 1.29 bits per heavy atom. The fourth-order valence-electron chi connectivity index (χ4n) is 1.31. The zero-order chi connectivity index (χ0) is 10.2. The van der Waals surface area contributed by atoms with Crippen molar-refractivity contribution in [1.82, 2.24) is 10.9 Å². The normalized spacial score (nSPS) is 17.4. The summed E-state index contributed by atoms with van der Waals surface area (Å²) >= 11 is 0. The molecule has 14 heavy (non-hydrogen) atoms. The fourth-order valence-corrected chi connectivity index (χ4v) is 2.49. The molecule has 0 aliphatic carbocycles. The van der Waals surface area contributed by atoms with Crippen LogP contribution in [0, 0.1) is 0 Å². The number of benzene rings is 1. The van der Waals surface area contributed by atoms with Gasteiger partial charge in [0.2, 0.25) is 0 Å². The first-order chi connectivity index (χ1) is 6.65. The molecule has 1 aromatic rings. The Bertz CT molecular complexity index is 493. The Balaban J connectivity index is 2.61. The van der Waals surface area contributed by atoms with E-state index in [0.29, 0.717) is 11.4 Å². The number of rotatable bonds is 1. The van der Waals surface area contributed by atoms with Crippen LogP contribution in [0.1, 0.15) is 5.56 Å². The van der Waals surface area contributed by atoms with Crippen LogP contribution in [-0.2, 0) is 10.0 Å². The second-order valence-corrected chi connectivity index (χ2v) is 4.36. The largest absolute Gasteiger partial charge is 0.305 e. The Kier molecular flexibility index (Phi) is 2.01. The summed E-state index contributed by atoms with van der Waals surface area (Å²) in [5.41, 5.74) is 5.92. The van der Waals surface area contributed by atoms with Crippen LogP contribution in [0.2, 0.25) is 0 Å². The van der Waals surface area contributed by atoms with Crippen molar-refractivity contribution in [2.75, 3.05) is 7.05 Å². The standard InChI is InChI=1S/C8H9N3O2S/c1-9-10-8-6-4-2-3-5-7(6)14(12,13)11-8/h2-5,9H,1H3,(H,10,11). The number of hydrazine groups is 1. The molecule has 0 aromatic heterocycles. The van der Waals surface area contributed by atoms with Gasteiger partial charge < -0.3 is 5.43 Å². The fraction of sp³-hybridized carbons (Fsp3) is 0.125. The van der Waals surface area contributed by atoms with Gasteiger partial charge in [0.1, 0.15) is 4.90 Å². The number of sulfonamides is 1. The SMILES string of the molecule is CNNC1=NS(=O)(=O)c2ccccc21. The van der Waals surface area contributed by atoms with E-state index in [1.165, 1.54) is 0 Å². The summed E-state index contributed by atoms with van der Waals surface area (Å²) in [4.78, 5) is 0.248. The maximum atomic E-state index is 11.5. The van der Waals surface area contributed by atoms with Crippen LogP contribution in [0.5, 0.6) is 0 Å². The molecule has 6 heteroatoms. The second-order valence-electron chi connectivity index (χ2n) is 2.79. The third kappa shape index (κ3) is 1.28. The molecule has 0 radical (unpaired) electrons. The number of hydrogen-bond acceptors (Lipinski definition) is 4. The van der Waals surface area contributed by atoms with Crippen LogP contribution in [0.4, 0.5) is 0 Å². The lowest BCUT2D eigenvalue weighted by Crippen LogP contribution is -2.33. The number of fused-ring (bicyclic) bond motifs is 1. The number of nitrogens with zero attached hydrogens (tertiary/aromatic N) is 1. The first kappa shape index (κ1) is 9.17. The molecular formula is C8H9N3O2S. The maximum Gasteiger partial charge on any atom is 0.285 e. The molecule has 1 aliphatic heterocycles. The zero-order valence-corrected chi connectivity index (χ0v) is 8.30. The summed E-state index contributed by atoms with van der Waals surface area (Å²) in [6.07, 6.45) is 0. The van der Waals surface area contributed by atoms with Gasteiger partial charge in [0, 0.05) is 12.6 Å². The first-order valence-corrected chi connectivity index (χ1v) is 5.46. The Hall–Kier alpha value is -1.40. The van der Waals surface area contributed by atoms with Gasteiger partial charge in [0.15, 0.2) is 5.84 Å². The van der Waals surface area contributed by atoms with E-state index < -0.39 is 10.0 Å². The zero-order valence-electron chi connectivity index (χ0n) is 7.48. The van der Waals surface area contributed by atoms with E-state index in [1.807, 2.05) is 0 Å². The van der Waals surface area contributed by atoms with Crippen LogP contribution >= 0.6 is 0 Å². The minimum Gasteiger partial charge on any atom is -0.305 e. The lowest BCUT2D eigenvalue weighted by atomic mass is 10.2. The third-order valence-corrected chi connectivity index (χ3v) is 3.21. The van der Waals surface area contributed by atoms with Gasteiger partial charge in [0.05, 0.1) is 0 Å². The molecule has 5 nitrogen and oxygen atoms in total. The average Bonchev–Trinajstić information content (AvgIpc) is 2.41. The highest BCUT2D eigenvalue weighted by Crippen LogP contribution is 2.24. The summed E-state index contributed by atoms with van der Waals surface area (Å²) in [5, 5.41) is 0. The summed E-state index contributed by atoms with van der Waals surface area (Å²) in [6, 6.07) is 6.70. The highest BCUT2D eigenvalue weighted by molar-refractivity contribution is 7.90. The van der Waals surface area contributed by atoms with Gasteiger partial charge in [0.25, 0.3) is 10.0 Å². The van der Waals surface area contributed by atoms with E-state index in [-0.39, 0.29) is 4.90 Å². The van der Waals surface area contributed by atoms with Crippen LogP contribution in [0.3, 0.4) is 0 Å². The van der Waals surface area contributed by atoms with Gasteiger partial charge in [-0.15, -0.1) is 4.40 Å². The molecule has 1 aliphatic rings. The molecule has 0 saturated heterocycles. The van der Waals surface area contributed by atoms with Crippen molar-refractivity contribution in [2.24, 2.45) is 4.40 Å². The molecule has 2 rings (SSSR count). The summed E-state index contributed by atoms with van der Waals surface area (Å²) < 4.78 is 26.6. The van der Waals surface area contributed by atoms with E-state index in [0.717, 1.165) is 0 Å². The molecule has 0 saturated carbocycles. The maximum absolute atomic E-state index is 11.5. The van der Waals surface area contributed by atoms with Crippen LogP contribution in [0.25, 0.3) is 0 Å². The van der Waals surface area contributed by atoms with Crippen molar-refractivity contribution in [2.45, 2.75) is 4.90 Å². The van der Waals surface area contributed by atoms with Crippen molar-refractivity contribution in [3.63, 3.8) is 0 Å². The second kappa shape index (κ2) is 3.07. The van der Waals surface area contributed by atoms with E-state index in [4.69, 9.17) is 0 Å². The van der Waals surface area contributed by atoms with Crippen LogP contribution < -0.4 is 10.9 Å². The van der Waals surface area contributed by atoms with Crippen molar-refractivity contribution in [3.05, 3.63) is 29.8 Å². The molecule has 1 aromatic carbocycles. The first-order valence-electron chi connectivity index (χ1n) is 4.02. The Morgan fingerprint density at radius 3 is 2.71 bits per heavy atom. The van der Waals surface area contributed by atoms with Crippen LogP contribution in [0.15, 0.2) is 33.6 Å². The third-order valence-electron chi connectivity index (χ3n) is 1.87. The van der Waals surface area contributed by atoms with E-state index >= 15 is 0 Å². The topological polar surface area (TPSA) is 70.6 Å².